The van der Waals surface area contributed by atoms with E-state index in [1.165, 1.54) is 0 Å². The Balaban J connectivity index is 1.59. The van der Waals surface area contributed by atoms with E-state index >= 15 is 0 Å². The third kappa shape index (κ3) is 3.73. The number of carbonyl (C=O) groups is 1. The molecule has 0 heterocycles. The molecule has 0 aromatic heterocycles. The quantitative estimate of drug-likeness (QED) is 0.867. The summed E-state index contributed by atoms with van der Waals surface area (Å²) in [5.41, 5.74) is 7.00. The molecule has 0 bridgehead atoms. The highest BCUT2D eigenvalue weighted by Crippen LogP contribution is 2.46. The van der Waals surface area contributed by atoms with E-state index in [9.17, 15) is 4.79 Å². The predicted octanol–water partition coefficient (Wildman–Crippen LogP) is 4.00. The molecule has 1 saturated carbocycles. The topological polar surface area (TPSA) is 55.1 Å². The van der Waals surface area contributed by atoms with Crippen LogP contribution in [0.4, 0.5) is 0 Å². The minimum Gasteiger partial charge on any atom is -0.349 e. The molecular formula is C20H25ClN2O. The zero-order valence-corrected chi connectivity index (χ0v) is 14.6. The number of nitrogens with one attached hydrogen (secondary N) is 1. The molecule has 2 aliphatic carbocycles. The van der Waals surface area contributed by atoms with Gasteiger partial charge >= 0.3 is 0 Å². The molecule has 1 fully saturated rings. The fraction of sp³-hybridized carbons (Fsp3) is 0.450. The number of allylic oxidation sites excluding steroid dienone is 4. The molecule has 1 atom stereocenters. The van der Waals surface area contributed by atoms with Gasteiger partial charge in [0, 0.05) is 16.6 Å². The Morgan fingerprint density at radius 1 is 1.25 bits per heavy atom. The first-order chi connectivity index (χ1) is 11.6. The van der Waals surface area contributed by atoms with Crippen LogP contribution in [0.3, 0.4) is 0 Å². The summed E-state index contributed by atoms with van der Waals surface area (Å²) in [5, 5.41) is 4.09. The van der Waals surface area contributed by atoms with Crippen LogP contribution in [0.15, 0.2) is 53.6 Å². The second-order valence-corrected chi connectivity index (χ2v) is 7.47. The molecule has 1 aromatic carbocycles. The number of amides is 1. The number of rotatable bonds is 4. The maximum atomic E-state index is 12.3. The van der Waals surface area contributed by atoms with Gasteiger partial charge in [0.1, 0.15) is 0 Å². The zero-order valence-electron chi connectivity index (χ0n) is 13.9. The van der Waals surface area contributed by atoms with Crippen molar-refractivity contribution in [1.82, 2.24) is 5.32 Å². The number of benzene rings is 1. The molecule has 24 heavy (non-hydrogen) atoms. The van der Waals surface area contributed by atoms with Crippen LogP contribution in [-0.2, 0) is 0 Å². The summed E-state index contributed by atoms with van der Waals surface area (Å²) < 4.78 is 0. The highest BCUT2D eigenvalue weighted by atomic mass is 35.5. The van der Waals surface area contributed by atoms with Crippen LogP contribution in [0.1, 0.15) is 42.5 Å². The summed E-state index contributed by atoms with van der Waals surface area (Å²) in [7, 11) is 0. The Bertz CT molecular complexity index is 630. The Morgan fingerprint density at radius 3 is 2.58 bits per heavy atom. The van der Waals surface area contributed by atoms with Gasteiger partial charge in [0.15, 0.2) is 0 Å². The number of nitrogens with two attached hydrogens (primary N) is 1. The first-order valence-corrected chi connectivity index (χ1v) is 9.09. The van der Waals surface area contributed by atoms with Crippen molar-refractivity contribution in [2.45, 2.75) is 38.1 Å². The van der Waals surface area contributed by atoms with Gasteiger partial charge < -0.3 is 11.1 Å². The van der Waals surface area contributed by atoms with Crippen molar-refractivity contribution in [3.63, 3.8) is 0 Å². The lowest BCUT2D eigenvalue weighted by molar-refractivity contribution is 0.0853. The summed E-state index contributed by atoms with van der Waals surface area (Å²) in [6.45, 7) is 0.672. The molecule has 1 unspecified atom stereocenters. The summed E-state index contributed by atoms with van der Waals surface area (Å²) in [6, 6.07) is 9.64. The first-order valence-electron chi connectivity index (χ1n) is 8.72. The number of hydrogen-bond acceptors (Lipinski definition) is 2. The summed E-state index contributed by atoms with van der Waals surface area (Å²) in [6.07, 6.45) is 11.2. The van der Waals surface area contributed by atoms with Crippen LogP contribution in [0, 0.1) is 11.3 Å². The van der Waals surface area contributed by atoms with Gasteiger partial charge in [-0.15, -0.1) is 0 Å². The van der Waals surface area contributed by atoms with Crippen LogP contribution in [0.2, 0.25) is 0 Å². The van der Waals surface area contributed by atoms with E-state index < -0.39 is 0 Å². The second kappa shape index (κ2) is 7.54. The van der Waals surface area contributed by atoms with Crippen molar-refractivity contribution in [1.29, 1.82) is 0 Å². The average Bonchev–Trinajstić information content (AvgIpc) is 2.63. The smallest absolute Gasteiger partial charge is 0.251 e. The molecule has 0 saturated heterocycles. The Labute approximate surface area is 149 Å². The fourth-order valence-electron chi connectivity index (χ4n) is 3.98. The van der Waals surface area contributed by atoms with Crippen molar-refractivity contribution < 1.29 is 4.79 Å². The lowest BCUT2D eigenvalue weighted by Crippen LogP contribution is -2.46. The Hall–Kier alpha value is -1.58. The van der Waals surface area contributed by atoms with Gasteiger partial charge in [-0.05, 0) is 68.2 Å². The van der Waals surface area contributed by atoms with Gasteiger partial charge in [-0.1, -0.05) is 42.0 Å². The minimum absolute atomic E-state index is 0.0180. The van der Waals surface area contributed by atoms with Crippen molar-refractivity contribution in [3.05, 3.63) is 59.2 Å². The molecular weight excluding hydrogens is 320 g/mol. The van der Waals surface area contributed by atoms with Crippen molar-refractivity contribution in [3.8, 4) is 0 Å². The monoisotopic (exact) mass is 344 g/mol. The standard InChI is InChI=1S/C20H25ClN2O/c21-17-8-4-7-16(13-17)20(14-22)11-9-18(10-12-20)23-19(24)15-5-2-1-3-6-15/h1-8,16,18H,9-14,22H2,(H,23,24). The van der Waals surface area contributed by atoms with E-state index in [0.717, 1.165) is 42.7 Å². The summed E-state index contributed by atoms with van der Waals surface area (Å²) >= 11 is 6.23. The first kappa shape index (κ1) is 17.2. The SMILES string of the molecule is NCC1(C2C=CC=C(Cl)C2)CCC(NC(=O)c2ccccc2)CC1. The van der Waals surface area contributed by atoms with E-state index in [2.05, 4.69) is 17.5 Å². The van der Waals surface area contributed by atoms with Gasteiger partial charge in [-0.3, -0.25) is 4.79 Å². The number of hydrogen-bond donors (Lipinski definition) is 2. The van der Waals surface area contributed by atoms with Crippen LogP contribution in [0.25, 0.3) is 0 Å². The fourth-order valence-corrected chi connectivity index (χ4v) is 4.22. The van der Waals surface area contributed by atoms with Gasteiger partial charge in [0.05, 0.1) is 0 Å². The van der Waals surface area contributed by atoms with Crippen molar-refractivity contribution in [2.24, 2.45) is 17.1 Å². The lowest BCUT2D eigenvalue weighted by Gasteiger charge is -2.44. The largest absolute Gasteiger partial charge is 0.349 e. The molecule has 1 amide bonds. The second-order valence-electron chi connectivity index (χ2n) is 6.99. The number of halogens is 1. The lowest BCUT2D eigenvalue weighted by atomic mass is 9.63. The average molecular weight is 345 g/mol. The van der Waals surface area contributed by atoms with Gasteiger partial charge in [-0.2, -0.15) is 0 Å². The number of carbonyl (C=O) groups excluding carboxylic acids is 1. The highest BCUT2D eigenvalue weighted by Gasteiger charge is 2.40. The molecule has 3 N–H and O–H groups in total. The zero-order chi connectivity index (χ0) is 17.0. The van der Waals surface area contributed by atoms with Crippen molar-refractivity contribution in [2.75, 3.05) is 6.54 Å². The molecule has 4 heteroatoms. The van der Waals surface area contributed by atoms with Gasteiger partial charge in [-0.25, -0.2) is 0 Å². The van der Waals surface area contributed by atoms with Crippen molar-refractivity contribution >= 4 is 17.5 Å². The van der Waals surface area contributed by atoms with Crippen LogP contribution in [0.5, 0.6) is 0 Å². The molecule has 2 aliphatic rings. The van der Waals surface area contributed by atoms with Gasteiger partial charge in [0.2, 0.25) is 0 Å². The third-order valence-corrected chi connectivity index (χ3v) is 5.86. The highest BCUT2D eigenvalue weighted by molar-refractivity contribution is 6.29. The minimum atomic E-state index is 0.0180. The van der Waals surface area contributed by atoms with E-state index in [-0.39, 0.29) is 17.4 Å². The maximum Gasteiger partial charge on any atom is 0.251 e. The summed E-state index contributed by atoms with van der Waals surface area (Å²) in [4.78, 5) is 12.3. The predicted molar refractivity (Wildman–Crippen MR) is 98.8 cm³/mol. The third-order valence-electron chi connectivity index (χ3n) is 5.58. The van der Waals surface area contributed by atoms with E-state index in [4.69, 9.17) is 17.3 Å². The van der Waals surface area contributed by atoms with E-state index in [0.29, 0.717) is 12.5 Å². The van der Waals surface area contributed by atoms with Crippen LogP contribution >= 0.6 is 11.6 Å². The summed E-state index contributed by atoms with van der Waals surface area (Å²) in [5.74, 6) is 0.426. The molecule has 0 radical (unpaired) electrons. The van der Waals surface area contributed by atoms with E-state index in [1.54, 1.807) is 0 Å². The van der Waals surface area contributed by atoms with Crippen LogP contribution in [-0.4, -0.2) is 18.5 Å². The van der Waals surface area contributed by atoms with E-state index in [1.807, 2.05) is 36.4 Å². The molecule has 1 aromatic rings. The Morgan fingerprint density at radius 2 is 1.96 bits per heavy atom. The normalized spacial score (nSPS) is 29.8. The molecule has 0 spiro atoms. The Kier molecular flexibility index (Phi) is 5.42. The molecule has 3 rings (SSSR count). The van der Waals surface area contributed by atoms with Gasteiger partial charge in [0.25, 0.3) is 5.91 Å². The molecule has 3 nitrogen and oxygen atoms in total. The molecule has 0 aliphatic heterocycles. The van der Waals surface area contributed by atoms with Crippen LogP contribution < -0.4 is 11.1 Å². The molecule has 128 valence electrons. The maximum absolute atomic E-state index is 12.3.